The molecule has 5 heteroatoms. The molecule has 6 rings (SSSR count). The van der Waals surface area contributed by atoms with Crippen molar-refractivity contribution in [2.45, 2.75) is 43.1 Å². The zero-order chi connectivity index (χ0) is 20.5. The van der Waals surface area contributed by atoms with E-state index in [-0.39, 0.29) is 5.75 Å². The van der Waals surface area contributed by atoms with Crippen LogP contribution >= 0.6 is 11.6 Å². The predicted octanol–water partition coefficient (Wildman–Crippen LogP) is 4.41. The summed E-state index contributed by atoms with van der Waals surface area (Å²) >= 11 is 6.59. The van der Waals surface area contributed by atoms with E-state index in [1.165, 1.54) is 18.5 Å². The molecule has 0 bridgehead atoms. The largest absolute Gasteiger partial charge is 0.508 e. The maximum Gasteiger partial charge on any atom is 0.115 e. The van der Waals surface area contributed by atoms with Crippen LogP contribution in [0.25, 0.3) is 10.9 Å². The molecule has 1 saturated heterocycles. The number of H-pyrrole nitrogens is 1. The monoisotopic (exact) mass is 422 g/mol. The van der Waals surface area contributed by atoms with Crippen LogP contribution in [0.15, 0.2) is 42.5 Å². The Hall–Kier alpha value is -2.01. The summed E-state index contributed by atoms with van der Waals surface area (Å²) in [6, 6.07) is 13.5. The first kappa shape index (κ1) is 18.7. The van der Waals surface area contributed by atoms with Gasteiger partial charge in [0.15, 0.2) is 0 Å². The quantitative estimate of drug-likeness (QED) is 0.586. The van der Waals surface area contributed by atoms with Crippen molar-refractivity contribution < 1.29 is 10.2 Å². The van der Waals surface area contributed by atoms with Gasteiger partial charge in [0.1, 0.15) is 5.75 Å². The lowest BCUT2D eigenvalue weighted by Crippen LogP contribution is -2.66. The van der Waals surface area contributed by atoms with Gasteiger partial charge in [-0.1, -0.05) is 29.8 Å². The maximum atomic E-state index is 12.3. The van der Waals surface area contributed by atoms with Crippen molar-refractivity contribution in [3.8, 4) is 5.75 Å². The number of likely N-dealkylation sites (tertiary alicyclic amines) is 1. The number of nitrogens with one attached hydrogen (secondary N) is 1. The van der Waals surface area contributed by atoms with E-state index >= 15 is 0 Å². The highest BCUT2D eigenvalue weighted by Crippen LogP contribution is 2.52. The number of aromatic hydroxyl groups is 1. The maximum absolute atomic E-state index is 12.3. The number of nitrogens with zero attached hydrogens (tertiary/aromatic N) is 1. The summed E-state index contributed by atoms with van der Waals surface area (Å²) in [6.07, 6.45) is 4.80. The molecule has 2 aromatic carbocycles. The Morgan fingerprint density at radius 3 is 2.77 bits per heavy atom. The first-order chi connectivity index (χ1) is 14.5. The summed E-state index contributed by atoms with van der Waals surface area (Å²) in [5.74, 6) is 1.05. The average molecular weight is 423 g/mol. The van der Waals surface area contributed by atoms with Gasteiger partial charge in [0.05, 0.1) is 10.6 Å². The first-order valence-electron chi connectivity index (χ1n) is 11.0. The van der Waals surface area contributed by atoms with Gasteiger partial charge in [0.25, 0.3) is 0 Å². The molecule has 0 radical (unpaired) electrons. The molecule has 0 amide bonds. The van der Waals surface area contributed by atoms with Gasteiger partial charge in [-0.05, 0) is 67.1 Å². The van der Waals surface area contributed by atoms with Crippen LogP contribution in [0.1, 0.15) is 36.1 Å². The molecule has 1 aromatic heterocycles. The molecule has 0 unspecified atom stereocenters. The number of rotatable bonds is 3. The molecule has 2 aliphatic carbocycles. The van der Waals surface area contributed by atoms with E-state index < -0.39 is 11.0 Å². The lowest BCUT2D eigenvalue weighted by molar-refractivity contribution is -0.103. The number of phenols is 1. The number of phenolic OH excluding ortho intramolecular Hbond substituents is 1. The molecular formula is C25H27ClN2O2. The number of benzene rings is 2. The van der Waals surface area contributed by atoms with Crippen LogP contribution in [0.5, 0.6) is 5.75 Å². The normalized spacial score (nSPS) is 29.0. The molecule has 2 heterocycles. The van der Waals surface area contributed by atoms with Gasteiger partial charge in [0, 0.05) is 47.9 Å². The molecule has 3 aromatic rings. The number of aromatic amines is 1. The number of aromatic nitrogens is 1. The van der Waals surface area contributed by atoms with Gasteiger partial charge in [-0.15, -0.1) is 0 Å². The van der Waals surface area contributed by atoms with E-state index in [0.717, 1.165) is 58.9 Å². The van der Waals surface area contributed by atoms with E-state index in [4.69, 9.17) is 11.6 Å². The summed E-state index contributed by atoms with van der Waals surface area (Å²) in [7, 11) is 0. The zero-order valence-corrected chi connectivity index (χ0v) is 17.8. The van der Waals surface area contributed by atoms with Gasteiger partial charge < -0.3 is 20.1 Å². The molecule has 1 aliphatic heterocycles. The number of halogens is 1. The van der Waals surface area contributed by atoms with Crippen molar-refractivity contribution in [3.63, 3.8) is 0 Å². The minimum absolute atomic E-state index is 0.259. The standard InChI is InChI=1S/C25H27ClN2O2/c26-20-5-2-6-21-23(20)19-12-25(30)15-28(14-16-7-8-16)10-9-24(25,13-22(19)27-21)17-3-1-4-18(29)11-17/h1-6,11,16,27,29-30H,7-10,12-15H2/t24-,25-/m0/s1. The van der Waals surface area contributed by atoms with Crippen molar-refractivity contribution in [1.29, 1.82) is 0 Å². The Kier molecular flexibility index (Phi) is 4.05. The fourth-order valence-corrected chi connectivity index (χ4v) is 6.35. The molecular weight excluding hydrogens is 396 g/mol. The van der Waals surface area contributed by atoms with Crippen LogP contribution in [0, 0.1) is 5.92 Å². The van der Waals surface area contributed by atoms with Crippen molar-refractivity contribution in [1.82, 2.24) is 9.88 Å². The van der Waals surface area contributed by atoms with Gasteiger partial charge in [0.2, 0.25) is 0 Å². The third-order valence-electron chi connectivity index (χ3n) is 7.76. The van der Waals surface area contributed by atoms with Gasteiger partial charge in [-0.2, -0.15) is 0 Å². The zero-order valence-electron chi connectivity index (χ0n) is 17.0. The van der Waals surface area contributed by atoms with Gasteiger partial charge in [-0.3, -0.25) is 0 Å². The van der Waals surface area contributed by atoms with Crippen molar-refractivity contribution in [2.75, 3.05) is 19.6 Å². The fraction of sp³-hybridized carbons (Fsp3) is 0.440. The lowest BCUT2D eigenvalue weighted by Gasteiger charge is -2.56. The molecule has 4 nitrogen and oxygen atoms in total. The number of hydrogen-bond acceptors (Lipinski definition) is 3. The Morgan fingerprint density at radius 1 is 1.13 bits per heavy atom. The van der Waals surface area contributed by atoms with Crippen LogP contribution in [-0.4, -0.2) is 45.3 Å². The van der Waals surface area contributed by atoms with Crippen LogP contribution in [-0.2, 0) is 18.3 Å². The molecule has 0 spiro atoms. The third-order valence-corrected chi connectivity index (χ3v) is 8.07. The minimum atomic E-state index is -0.908. The van der Waals surface area contributed by atoms with Crippen LogP contribution in [0.3, 0.4) is 0 Å². The van der Waals surface area contributed by atoms with Gasteiger partial charge >= 0.3 is 0 Å². The smallest absolute Gasteiger partial charge is 0.115 e. The molecule has 2 fully saturated rings. The summed E-state index contributed by atoms with van der Waals surface area (Å²) < 4.78 is 0. The second kappa shape index (κ2) is 6.49. The van der Waals surface area contributed by atoms with E-state index in [1.54, 1.807) is 6.07 Å². The minimum Gasteiger partial charge on any atom is -0.508 e. The summed E-state index contributed by atoms with van der Waals surface area (Å²) in [5, 5.41) is 24.3. The molecule has 1 saturated carbocycles. The SMILES string of the molecule is Oc1cccc([C@@]23CCN(CC4CC4)C[C@@]2(O)Cc2c([nH]c4cccc(Cl)c24)C3)c1. The van der Waals surface area contributed by atoms with E-state index in [9.17, 15) is 10.2 Å². The Bertz CT molecular complexity index is 1140. The second-order valence-corrected chi connectivity index (χ2v) is 10.1. The highest BCUT2D eigenvalue weighted by molar-refractivity contribution is 6.35. The number of hydrogen-bond donors (Lipinski definition) is 3. The highest BCUT2D eigenvalue weighted by atomic mass is 35.5. The van der Waals surface area contributed by atoms with Crippen molar-refractivity contribution >= 4 is 22.5 Å². The predicted molar refractivity (Wildman–Crippen MR) is 119 cm³/mol. The first-order valence-corrected chi connectivity index (χ1v) is 11.4. The lowest BCUT2D eigenvalue weighted by atomic mass is 9.56. The number of aliphatic hydroxyl groups is 1. The highest BCUT2D eigenvalue weighted by Gasteiger charge is 2.58. The fourth-order valence-electron chi connectivity index (χ4n) is 6.06. The van der Waals surface area contributed by atoms with Crippen molar-refractivity contribution in [3.05, 3.63) is 64.3 Å². The summed E-state index contributed by atoms with van der Waals surface area (Å²) in [5.41, 5.74) is 3.06. The number of fused-ring (bicyclic) bond motifs is 4. The number of β-amino-alcohol motifs (C(OH)–C–C–N with tert-alkyl or cyclic N) is 1. The average Bonchev–Trinajstić information content (AvgIpc) is 3.45. The van der Waals surface area contributed by atoms with E-state index in [1.807, 2.05) is 24.3 Å². The third kappa shape index (κ3) is 2.74. The number of piperidine rings is 1. The molecule has 3 N–H and O–H groups in total. The molecule has 156 valence electrons. The molecule has 2 atom stereocenters. The van der Waals surface area contributed by atoms with Gasteiger partial charge in [-0.25, -0.2) is 0 Å². The Morgan fingerprint density at radius 2 is 1.97 bits per heavy atom. The van der Waals surface area contributed by atoms with E-state index in [0.29, 0.717) is 13.0 Å². The summed E-state index contributed by atoms with van der Waals surface area (Å²) in [4.78, 5) is 6.06. The summed E-state index contributed by atoms with van der Waals surface area (Å²) in [6.45, 7) is 2.72. The van der Waals surface area contributed by atoms with E-state index in [2.05, 4.69) is 22.0 Å². The van der Waals surface area contributed by atoms with Crippen LogP contribution in [0.4, 0.5) is 0 Å². The molecule has 30 heavy (non-hydrogen) atoms. The van der Waals surface area contributed by atoms with Crippen LogP contribution < -0.4 is 0 Å². The topological polar surface area (TPSA) is 59.5 Å². The Labute approximate surface area is 181 Å². The second-order valence-electron chi connectivity index (χ2n) is 9.69. The van der Waals surface area contributed by atoms with Crippen molar-refractivity contribution in [2.24, 2.45) is 5.92 Å². The Balaban J connectivity index is 1.51. The van der Waals surface area contributed by atoms with Crippen LogP contribution in [0.2, 0.25) is 5.02 Å². The molecule has 3 aliphatic rings.